The molecule has 0 spiro atoms. The summed E-state index contributed by atoms with van der Waals surface area (Å²) in [5, 5.41) is 3.23. The number of hydrogen-bond acceptors (Lipinski definition) is 5. The van der Waals surface area contributed by atoms with Crippen LogP contribution < -0.4 is 21.5 Å². The van der Waals surface area contributed by atoms with E-state index in [9.17, 15) is 4.79 Å². The average Bonchev–Trinajstić information content (AvgIpc) is 3.02. The predicted molar refractivity (Wildman–Crippen MR) is 181 cm³/mol. The van der Waals surface area contributed by atoms with E-state index in [-0.39, 0.29) is 11.8 Å². The fourth-order valence-corrected chi connectivity index (χ4v) is 4.93. The molecular formula is C36H47N5O2. The maximum Gasteiger partial charge on any atom is 0.157 e. The largest absolute Gasteiger partial charge is 0.494 e. The lowest BCUT2D eigenvalue weighted by atomic mass is 9.95. The summed E-state index contributed by atoms with van der Waals surface area (Å²) in [4.78, 5) is 21.6. The van der Waals surface area contributed by atoms with Crippen LogP contribution in [0.5, 0.6) is 5.75 Å². The Morgan fingerprint density at radius 3 is 2.35 bits per heavy atom. The number of carbonyl (C=O) groups excluding carboxylic acids is 1. The van der Waals surface area contributed by atoms with Crippen LogP contribution in [0.4, 0.5) is 5.69 Å². The third-order valence-corrected chi connectivity index (χ3v) is 7.30. The zero-order valence-corrected chi connectivity index (χ0v) is 26.1. The molecule has 0 aliphatic heterocycles. The van der Waals surface area contributed by atoms with E-state index in [1.807, 2.05) is 48.5 Å². The molecule has 0 saturated heterocycles. The van der Waals surface area contributed by atoms with E-state index in [4.69, 9.17) is 21.2 Å². The number of nitrogens with two attached hydrogens (primary N) is 2. The van der Waals surface area contributed by atoms with Crippen molar-refractivity contribution in [1.29, 1.82) is 0 Å². The number of allylic oxidation sites excluding steroid dienone is 2. The Morgan fingerprint density at radius 1 is 0.977 bits per heavy atom. The predicted octanol–water partition coefficient (Wildman–Crippen LogP) is 7.30. The molecule has 0 aliphatic rings. The van der Waals surface area contributed by atoms with Crippen molar-refractivity contribution in [3.63, 3.8) is 0 Å². The summed E-state index contributed by atoms with van der Waals surface area (Å²) < 4.78 is 5.86. The Bertz CT molecular complexity index is 1390. The molecule has 3 aromatic rings. The maximum atomic E-state index is 12.8. The molecule has 7 nitrogen and oxygen atoms in total. The summed E-state index contributed by atoms with van der Waals surface area (Å²) in [6, 6.07) is 24.3. The van der Waals surface area contributed by atoms with Gasteiger partial charge in [-0.15, -0.1) is 0 Å². The number of amidine groups is 1. The van der Waals surface area contributed by atoms with Crippen LogP contribution in [-0.2, 0) is 11.2 Å². The van der Waals surface area contributed by atoms with Gasteiger partial charge in [0.05, 0.1) is 12.9 Å². The number of rotatable bonds is 17. The Hall–Kier alpha value is -4.23. The molecule has 43 heavy (non-hydrogen) atoms. The van der Waals surface area contributed by atoms with Gasteiger partial charge in [0.2, 0.25) is 0 Å². The van der Waals surface area contributed by atoms with E-state index in [2.05, 4.69) is 48.4 Å². The monoisotopic (exact) mass is 581 g/mol. The van der Waals surface area contributed by atoms with Crippen LogP contribution in [0.15, 0.2) is 94.1 Å². The molecule has 1 unspecified atom stereocenters. The molecule has 0 amide bonds. The second kappa shape index (κ2) is 17.7. The summed E-state index contributed by atoms with van der Waals surface area (Å²) in [5.74, 6) is 1.35. The topological polar surface area (TPSA) is 115 Å². The van der Waals surface area contributed by atoms with Gasteiger partial charge in [-0.3, -0.25) is 9.79 Å². The van der Waals surface area contributed by atoms with Gasteiger partial charge in [0.25, 0.3) is 0 Å². The quantitative estimate of drug-likeness (QED) is 0.0670. The number of nitrogens with one attached hydrogen (secondary N) is 1. The second-order valence-electron chi connectivity index (χ2n) is 10.7. The molecule has 0 heterocycles. The van der Waals surface area contributed by atoms with Crippen molar-refractivity contribution in [3.8, 4) is 16.9 Å². The number of benzene rings is 3. The summed E-state index contributed by atoms with van der Waals surface area (Å²) in [7, 11) is 1.69. The van der Waals surface area contributed by atoms with Crippen molar-refractivity contribution < 1.29 is 9.53 Å². The van der Waals surface area contributed by atoms with Gasteiger partial charge in [0.15, 0.2) is 5.78 Å². The van der Waals surface area contributed by atoms with Crippen molar-refractivity contribution in [2.45, 2.75) is 71.8 Å². The second-order valence-corrected chi connectivity index (χ2v) is 10.7. The fraction of sp³-hybridized carbons (Fsp3) is 0.361. The molecular weight excluding hydrogens is 534 g/mol. The fourth-order valence-electron chi connectivity index (χ4n) is 4.93. The maximum absolute atomic E-state index is 12.8. The van der Waals surface area contributed by atoms with Gasteiger partial charge in [-0.25, -0.2) is 4.99 Å². The summed E-state index contributed by atoms with van der Waals surface area (Å²) in [6.07, 6.45) is 7.86. The third-order valence-electron chi connectivity index (χ3n) is 7.30. The molecule has 7 heteroatoms. The highest BCUT2D eigenvalue weighted by molar-refractivity contribution is 6.03. The minimum atomic E-state index is 0.0269. The van der Waals surface area contributed by atoms with Crippen molar-refractivity contribution in [3.05, 3.63) is 95.2 Å². The van der Waals surface area contributed by atoms with Crippen molar-refractivity contribution >= 4 is 23.6 Å². The highest BCUT2D eigenvalue weighted by atomic mass is 16.5. The first-order valence-electron chi connectivity index (χ1n) is 15.3. The highest BCUT2D eigenvalue weighted by Crippen LogP contribution is 2.26. The zero-order valence-electron chi connectivity index (χ0n) is 26.1. The molecule has 0 fully saturated rings. The van der Waals surface area contributed by atoms with Gasteiger partial charge in [-0.05, 0) is 73.6 Å². The van der Waals surface area contributed by atoms with Crippen molar-refractivity contribution in [2.24, 2.45) is 21.5 Å². The number of carbonyl (C=O) groups is 1. The number of aliphatic imine (C=N–C) groups is 2. The molecule has 0 aromatic heterocycles. The van der Waals surface area contributed by atoms with E-state index in [1.54, 1.807) is 20.3 Å². The summed E-state index contributed by atoms with van der Waals surface area (Å²) >= 11 is 0. The van der Waals surface area contributed by atoms with Crippen molar-refractivity contribution in [2.75, 3.05) is 19.0 Å². The molecule has 0 radical (unpaired) electrons. The summed E-state index contributed by atoms with van der Waals surface area (Å²) in [6.45, 7) is 6.52. The Balaban J connectivity index is 1.67. The van der Waals surface area contributed by atoms with E-state index >= 15 is 0 Å². The highest BCUT2D eigenvalue weighted by Gasteiger charge is 2.13. The van der Waals surface area contributed by atoms with Gasteiger partial charge in [0.1, 0.15) is 11.6 Å². The Labute approximate surface area is 257 Å². The van der Waals surface area contributed by atoms with Crippen LogP contribution >= 0.6 is 0 Å². The number of Topliss-reactive ketones (excluding diaryl/α,β-unsaturated/α-hetero) is 1. The first-order valence-corrected chi connectivity index (χ1v) is 15.3. The lowest BCUT2D eigenvalue weighted by molar-refractivity contribution is -0.113. The number of ketones is 1. The first-order chi connectivity index (χ1) is 20.9. The number of anilines is 1. The molecule has 228 valence electrons. The molecule has 0 saturated carbocycles. The zero-order chi connectivity index (χ0) is 31.0. The van der Waals surface area contributed by atoms with Gasteiger partial charge < -0.3 is 21.5 Å². The van der Waals surface area contributed by atoms with Crippen molar-refractivity contribution in [1.82, 2.24) is 0 Å². The van der Waals surface area contributed by atoms with Gasteiger partial charge >= 0.3 is 0 Å². The number of hydrogen-bond donors (Lipinski definition) is 3. The molecule has 5 N–H and O–H groups in total. The molecule has 3 aromatic carbocycles. The lowest BCUT2D eigenvalue weighted by Gasteiger charge is -2.12. The average molecular weight is 582 g/mol. The number of ether oxygens (including phenoxy) is 1. The molecule has 0 bridgehead atoms. The smallest absolute Gasteiger partial charge is 0.157 e. The first kappa shape index (κ1) is 33.3. The SMILES string of the molecule is CCC/C(N=CNc1ccc(OCCCC(N)CCC)cc1)=C(\Cc1ccc(-c2ccccc2C(N)=NC)cc1)C(C)=O. The lowest BCUT2D eigenvalue weighted by Crippen LogP contribution is -2.20. The van der Waals surface area contributed by atoms with E-state index in [1.165, 1.54) is 0 Å². The van der Waals surface area contributed by atoms with E-state index in [0.717, 1.165) is 77.1 Å². The van der Waals surface area contributed by atoms with Crippen LogP contribution in [-0.4, -0.2) is 37.7 Å². The van der Waals surface area contributed by atoms with Crippen LogP contribution in [0, 0.1) is 0 Å². The third kappa shape index (κ3) is 10.5. The normalized spacial score (nSPS) is 13.1. The van der Waals surface area contributed by atoms with E-state index in [0.29, 0.717) is 25.3 Å². The van der Waals surface area contributed by atoms with E-state index < -0.39 is 0 Å². The van der Waals surface area contributed by atoms with Crippen LogP contribution in [0.2, 0.25) is 0 Å². The summed E-state index contributed by atoms with van der Waals surface area (Å²) in [5.41, 5.74) is 18.6. The van der Waals surface area contributed by atoms with Gasteiger partial charge in [-0.1, -0.05) is 75.2 Å². The van der Waals surface area contributed by atoms with Crippen LogP contribution in [0.3, 0.4) is 0 Å². The molecule has 1 atom stereocenters. The molecule has 3 rings (SSSR count). The Kier molecular flexibility index (Phi) is 13.7. The molecule has 0 aliphatic carbocycles. The standard InChI is InChI=1S/C36H47N5O2/c1-5-10-29(37)12-9-23-43-31-21-19-30(20-22-31)40-25-41-35(11-6-2)34(26(3)42)24-27-15-17-28(18-16-27)32-13-7-8-14-33(32)36(38)39-4/h7-8,13-22,25,29H,5-6,9-12,23-24,37H2,1-4H3,(H2,38,39)(H,40,41)/b35-34-. The minimum absolute atomic E-state index is 0.0269. The van der Waals surface area contributed by atoms with Crippen LogP contribution in [0.25, 0.3) is 11.1 Å². The van der Waals surface area contributed by atoms with Gasteiger partial charge in [0, 0.05) is 42.0 Å². The van der Waals surface area contributed by atoms with Gasteiger partial charge in [-0.2, -0.15) is 0 Å². The Morgan fingerprint density at radius 2 is 1.70 bits per heavy atom. The van der Waals surface area contributed by atoms with Crippen LogP contribution in [0.1, 0.15) is 70.4 Å². The number of nitrogens with zero attached hydrogens (tertiary/aromatic N) is 2. The minimum Gasteiger partial charge on any atom is -0.494 e.